The third kappa shape index (κ3) is 3.39. The molecule has 4 nitrogen and oxygen atoms in total. The van der Waals surface area contributed by atoms with Gasteiger partial charge < -0.3 is 9.47 Å². The molecule has 0 radical (unpaired) electrons. The predicted octanol–water partition coefficient (Wildman–Crippen LogP) is 4.11. The molecule has 22 heavy (non-hydrogen) atoms. The van der Waals surface area contributed by atoms with Crippen molar-refractivity contribution in [1.29, 1.82) is 0 Å². The van der Waals surface area contributed by atoms with E-state index in [1.54, 1.807) is 6.92 Å². The number of aliphatic imine (C=N–C) groups is 1. The maximum atomic E-state index is 12.3. The molecule has 2 atom stereocenters. The van der Waals surface area contributed by atoms with Gasteiger partial charge in [0.2, 0.25) is 0 Å². The fourth-order valence-corrected chi connectivity index (χ4v) is 3.71. The first kappa shape index (κ1) is 15.2. The highest BCUT2D eigenvalue weighted by Gasteiger charge is 2.38. The standard InChI is InChI=1S/C16H14BrNO3S/c1-10-18-14(15(21-10)12-7-8-13(17)22-12)16(19)20-9-11-5-3-2-4-6-11/h2-8,14-15H,9H2,1H3. The van der Waals surface area contributed by atoms with Crippen molar-refractivity contribution in [2.75, 3.05) is 0 Å². The van der Waals surface area contributed by atoms with Crippen molar-refractivity contribution in [3.05, 3.63) is 56.7 Å². The van der Waals surface area contributed by atoms with Crippen LogP contribution in [0.25, 0.3) is 0 Å². The van der Waals surface area contributed by atoms with Crippen molar-refractivity contribution in [3.8, 4) is 0 Å². The third-order valence-electron chi connectivity index (χ3n) is 3.24. The molecule has 2 unspecified atom stereocenters. The largest absolute Gasteiger partial charge is 0.469 e. The van der Waals surface area contributed by atoms with Crippen LogP contribution in [0.15, 0.2) is 51.2 Å². The molecular formula is C16H14BrNO3S. The maximum absolute atomic E-state index is 12.3. The van der Waals surface area contributed by atoms with E-state index in [9.17, 15) is 4.79 Å². The number of rotatable bonds is 4. The van der Waals surface area contributed by atoms with E-state index >= 15 is 0 Å². The highest BCUT2D eigenvalue weighted by molar-refractivity contribution is 9.11. The number of thiophene rings is 1. The summed E-state index contributed by atoms with van der Waals surface area (Å²) >= 11 is 4.96. The summed E-state index contributed by atoms with van der Waals surface area (Å²) in [5.74, 6) is 0.145. The van der Waals surface area contributed by atoms with Gasteiger partial charge in [0.05, 0.1) is 3.79 Å². The van der Waals surface area contributed by atoms with Gasteiger partial charge in [-0.1, -0.05) is 30.3 Å². The summed E-state index contributed by atoms with van der Waals surface area (Å²) in [4.78, 5) is 17.6. The highest BCUT2D eigenvalue weighted by atomic mass is 79.9. The fourth-order valence-electron chi connectivity index (χ4n) is 2.23. The van der Waals surface area contributed by atoms with Crippen LogP contribution in [0.3, 0.4) is 0 Å². The number of hydrogen-bond acceptors (Lipinski definition) is 5. The number of esters is 1. The van der Waals surface area contributed by atoms with Gasteiger partial charge in [0, 0.05) is 11.8 Å². The van der Waals surface area contributed by atoms with Crippen LogP contribution in [0.1, 0.15) is 23.5 Å². The summed E-state index contributed by atoms with van der Waals surface area (Å²) in [7, 11) is 0. The Balaban J connectivity index is 1.69. The zero-order valence-electron chi connectivity index (χ0n) is 11.9. The first-order valence-corrected chi connectivity index (χ1v) is 8.41. The highest BCUT2D eigenvalue weighted by Crippen LogP contribution is 2.36. The van der Waals surface area contributed by atoms with Gasteiger partial charge >= 0.3 is 5.97 Å². The summed E-state index contributed by atoms with van der Waals surface area (Å²) in [5.41, 5.74) is 0.950. The van der Waals surface area contributed by atoms with Crippen molar-refractivity contribution >= 4 is 39.1 Å². The first-order chi connectivity index (χ1) is 10.6. The number of hydrogen-bond donors (Lipinski definition) is 0. The van der Waals surface area contributed by atoms with E-state index in [1.165, 1.54) is 11.3 Å². The van der Waals surface area contributed by atoms with E-state index in [-0.39, 0.29) is 12.6 Å². The first-order valence-electron chi connectivity index (χ1n) is 6.80. The molecule has 2 aromatic rings. The summed E-state index contributed by atoms with van der Waals surface area (Å²) in [6.07, 6.45) is -0.403. The molecule has 0 N–H and O–H groups in total. The Kier molecular flexibility index (Phi) is 4.59. The monoisotopic (exact) mass is 379 g/mol. The van der Waals surface area contributed by atoms with E-state index in [4.69, 9.17) is 9.47 Å². The molecule has 1 aromatic carbocycles. The molecular weight excluding hydrogens is 366 g/mol. The topological polar surface area (TPSA) is 47.9 Å². The molecule has 1 aliphatic rings. The summed E-state index contributed by atoms with van der Waals surface area (Å²) < 4.78 is 12.1. The molecule has 3 rings (SSSR count). The van der Waals surface area contributed by atoms with Gasteiger partial charge in [-0.25, -0.2) is 9.79 Å². The van der Waals surface area contributed by atoms with E-state index in [1.807, 2.05) is 42.5 Å². The smallest absolute Gasteiger partial charge is 0.335 e. The van der Waals surface area contributed by atoms with E-state index < -0.39 is 12.1 Å². The molecule has 0 saturated carbocycles. The van der Waals surface area contributed by atoms with Gasteiger partial charge in [-0.3, -0.25) is 0 Å². The Morgan fingerprint density at radius 2 is 2.09 bits per heavy atom. The Bertz CT molecular complexity index is 698. The lowest BCUT2D eigenvalue weighted by atomic mass is 10.1. The molecule has 6 heteroatoms. The van der Waals surface area contributed by atoms with Crippen LogP contribution in [0.4, 0.5) is 0 Å². The lowest BCUT2D eigenvalue weighted by Gasteiger charge is -2.15. The van der Waals surface area contributed by atoms with Crippen LogP contribution in [0, 0.1) is 0 Å². The van der Waals surface area contributed by atoms with Crippen LogP contribution >= 0.6 is 27.3 Å². The molecule has 1 aromatic heterocycles. The predicted molar refractivity (Wildman–Crippen MR) is 89.0 cm³/mol. The number of carbonyl (C=O) groups is 1. The molecule has 0 fully saturated rings. The average Bonchev–Trinajstić information content (AvgIpc) is 3.11. The van der Waals surface area contributed by atoms with Gasteiger partial charge in [0.1, 0.15) is 6.61 Å². The summed E-state index contributed by atoms with van der Waals surface area (Å²) in [6.45, 7) is 1.99. The Hall–Kier alpha value is -1.66. The summed E-state index contributed by atoms with van der Waals surface area (Å²) in [6, 6.07) is 12.8. The van der Waals surface area contributed by atoms with Crippen LogP contribution in [0.5, 0.6) is 0 Å². The van der Waals surface area contributed by atoms with Gasteiger partial charge in [-0.2, -0.15) is 0 Å². The quantitative estimate of drug-likeness (QED) is 0.750. The van der Waals surface area contributed by atoms with Crippen LogP contribution in [-0.4, -0.2) is 17.9 Å². The van der Waals surface area contributed by atoms with E-state index in [0.717, 1.165) is 14.2 Å². The molecule has 0 amide bonds. The number of nitrogens with zero attached hydrogens (tertiary/aromatic N) is 1. The fraction of sp³-hybridized carbons (Fsp3) is 0.250. The van der Waals surface area contributed by atoms with Crippen molar-refractivity contribution < 1.29 is 14.3 Å². The maximum Gasteiger partial charge on any atom is 0.335 e. The summed E-state index contributed by atoms with van der Waals surface area (Å²) in [5, 5.41) is 0. The molecule has 0 bridgehead atoms. The molecule has 0 spiro atoms. The van der Waals surface area contributed by atoms with Gasteiger partial charge in [-0.05, 0) is 33.6 Å². The molecule has 114 valence electrons. The van der Waals surface area contributed by atoms with Crippen LogP contribution in [0.2, 0.25) is 0 Å². The molecule has 0 saturated heterocycles. The van der Waals surface area contributed by atoms with Gasteiger partial charge in [-0.15, -0.1) is 11.3 Å². The number of halogens is 1. The number of ether oxygens (including phenoxy) is 2. The molecule has 1 aliphatic heterocycles. The van der Waals surface area contributed by atoms with E-state index in [0.29, 0.717) is 5.90 Å². The lowest BCUT2D eigenvalue weighted by molar-refractivity contribution is -0.148. The number of carbonyl (C=O) groups excluding carboxylic acids is 1. The zero-order valence-corrected chi connectivity index (χ0v) is 14.3. The van der Waals surface area contributed by atoms with Crippen molar-refractivity contribution in [2.24, 2.45) is 4.99 Å². The molecule has 2 heterocycles. The zero-order chi connectivity index (χ0) is 15.5. The third-order valence-corrected chi connectivity index (χ3v) is 4.93. The van der Waals surface area contributed by atoms with E-state index in [2.05, 4.69) is 20.9 Å². The van der Waals surface area contributed by atoms with Crippen LogP contribution < -0.4 is 0 Å². The Labute approximate surface area is 140 Å². The minimum absolute atomic E-state index is 0.242. The second-order valence-corrected chi connectivity index (χ2v) is 7.36. The second-order valence-electron chi connectivity index (χ2n) is 4.87. The SMILES string of the molecule is CC1=NC(C(=O)OCc2ccccc2)C(c2ccc(Br)s2)O1. The normalized spacial score (nSPS) is 20.4. The van der Waals surface area contributed by atoms with Crippen molar-refractivity contribution in [2.45, 2.75) is 25.7 Å². The average molecular weight is 380 g/mol. The molecule has 0 aliphatic carbocycles. The van der Waals surface area contributed by atoms with Crippen molar-refractivity contribution in [3.63, 3.8) is 0 Å². The second kappa shape index (κ2) is 6.62. The van der Waals surface area contributed by atoms with Gasteiger partial charge in [0.25, 0.3) is 0 Å². The van der Waals surface area contributed by atoms with Gasteiger partial charge in [0.15, 0.2) is 18.0 Å². The Morgan fingerprint density at radius 1 is 1.32 bits per heavy atom. The van der Waals surface area contributed by atoms with Crippen molar-refractivity contribution in [1.82, 2.24) is 0 Å². The Morgan fingerprint density at radius 3 is 2.77 bits per heavy atom. The minimum atomic E-state index is -0.644. The lowest BCUT2D eigenvalue weighted by Crippen LogP contribution is -2.25. The minimum Gasteiger partial charge on any atom is -0.469 e. The number of benzene rings is 1. The van der Waals surface area contributed by atoms with Crippen LogP contribution in [-0.2, 0) is 20.9 Å².